The lowest BCUT2D eigenvalue weighted by atomic mass is 9.89. The minimum absolute atomic E-state index is 0.0524. The molecule has 0 amide bonds. The molecular weight excluding hydrogens is 481 g/mol. The zero-order valence-electron chi connectivity index (χ0n) is 18.1. The SMILES string of the molecule is COc1ccc([C@@H]2CC=C(C(=O)O)[C@H](c3cccc(F)c3)N2S(=O)(=O)c2ccc(Cl)cc2)cc1. The number of hydrogen-bond acceptors (Lipinski definition) is 4. The first-order valence-corrected chi connectivity index (χ1v) is 12.2. The number of methoxy groups -OCH3 is 1. The van der Waals surface area contributed by atoms with E-state index >= 15 is 0 Å². The Morgan fingerprint density at radius 2 is 1.74 bits per heavy atom. The highest BCUT2D eigenvalue weighted by atomic mass is 35.5. The van der Waals surface area contributed by atoms with E-state index in [4.69, 9.17) is 16.3 Å². The summed E-state index contributed by atoms with van der Waals surface area (Å²) in [6.07, 6.45) is 1.62. The predicted molar refractivity (Wildman–Crippen MR) is 126 cm³/mol. The molecule has 3 aromatic rings. The third-order valence-corrected chi connectivity index (χ3v) is 7.86. The van der Waals surface area contributed by atoms with Crippen LogP contribution in [0.4, 0.5) is 4.39 Å². The van der Waals surface area contributed by atoms with Crippen molar-refractivity contribution in [1.29, 1.82) is 0 Å². The van der Waals surface area contributed by atoms with Crippen LogP contribution in [0.25, 0.3) is 0 Å². The molecule has 34 heavy (non-hydrogen) atoms. The highest BCUT2D eigenvalue weighted by molar-refractivity contribution is 7.89. The van der Waals surface area contributed by atoms with Crippen molar-refractivity contribution in [3.63, 3.8) is 0 Å². The van der Waals surface area contributed by atoms with E-state index in [1.165, 1.54) is 55.7 Å². The Kier molecular flexibility index (Phi) is 6.74. The van der Waals surface area contributed by atoms with Gasteiger partial charge in [0.25, 0.3) is 0 Å². The molecule has 6 nitrogen and oxygen atoms in total. The summed E-state index contributed by atoms with van der Waals surface area (Å²) in [6.45, 7) is 0. The zero-order chi connectivity index (χ0) is 24.5. The fourth-order valence-electron chi connectivity index (χ4n) is 4.12. The molecule has 0 fully saturated rings. The summed E-state index contributed by atoms with van der Waals surface area (Å²) in [5, 5.41) is 10.3. The molecule has 0 saturated heterocycles. The van der Waals surface area contributed by atoms with Crippen LogP contribution in [-0.2, 0) is 14.8 Å². The van der Waals surface area contributed by atoms with Crippen molar-refractivity contribution in [3.05, 3.63) is 106 Å². The molecule has 1 N–H and O–H groups in total. The average molecular weight is 502 g/mol. The van der Waals surface area contributed by atoms with Crippen molar-refractivity contribution in [3.8, 4) is 5.75 Å². The maximum atomic E-state index is 14.2. The van der Waals surface area contributed by atoms with E-state index in [1.807, 2.05) is 0 Å². The summed E-state index contributed by atoms with van der Waals surface area (Å²) in [6, 6.07) is 15.8. The van der Waals surface area contributed by atoms with Crippen molar-refractivity contribution in [1.82, 2.24) is 4.31 Å². The first kappa shape index (κ1) is 23.9. The second-order valence-corrected chi connectivity index (χ2v) is 10.0. The molecule has 1 heterocycles. The molecule has 0 unspecified atom stereocenters. The van der Waals surface area contributed by atoms with Gasteiger partial charge >= 0.3 is 5.97 Å². The van der Waals surface area contributed by atoms with Crippen LogP contribution in [0.3, 0.4) is 0 Å². The lowest BCUT2D eigenvalue weighted by Gasteiger charge is -2.40. The van der Waals surface area contributed by atoms with Crippen LogP contribution in [0.15, 0.2) is 89.3 Å². The number of sulfonamides is 1. The molecular formula is C25H21ClFNO5S. The molecule has 1 aliphatic rings. The van der Waals surface area contributed by atoms with Gasteiger partial charge in [-0.25, -0.2) is 17.6 Å². The fourth-order valence-corrected chi connectivity index (χ4v) is 6.03. The standard InChI is InChI=1S/C25H21ClFNO5S/c1-33-20-9-5-16(6-10-20)23-14-13-22(25(29)30)24(17-3-2-4-19(27)15-17)28(23)34(31,32)21-11-7-18(26)8-12-21/h2-13,15,23-24H,14H2,1H3,(H,29,30)/t23-,24-/m0/s1. The van der Waals surface area contributed by atoms with E-state index < -0.39 is 33.9 Å². The van der Waals surface area contributed by atoms with Gasteiger partial charge in [-0.3, -0.25) is 0 Å². The fraction of sp³-hybridized carbons (Fsp3) is 0.160. The summed E-state index contributed by atoms with van der Waals surface area (Å²) in [5.41, 5.74) is 0.706. The van der Waals surface area contributed by atoms with Crippen LogP contribution < -0.4 is 4.74 Å². The lowest BCUT2D eigenvalue weighted by Crippen LogP contribution is -2.42. The second kappa shape index (κ2) is 9.58. The summed E-state index contributed by atoms with van der Waals surface area (Å²) in [5.74, 6) is -1.29. The minimum atomic E-state index is -4.25. The molecule has 1 aliphatic heterocycles. The highest BCUT2D eigenvalue weighted by Crippen LogP contribution is 2.46. The first-order valence-electron chi connectivity index (χ1n) is 10.3. The molecule has 2 atom stereocenters. The van der Waals surface area contributed by atoms with E-state index in [0.717, 1.165) is 10.4 Å². The molecule has 3 aromatic carbocycles. The predicted octanol–water partition coefficient (Wildman–Crippen LogP) is 5.38. The van der Waals surface area contributed by atoms with E-state index in [0.29, 0.717) is 16.3 Å². The monoisotopic (exact) mass is 501 g/mol. The molecule has 0 aromatic heterocycles. The quantitative estimate of drug-likeness (QED) is 0.490. The van der Waals surface area contributed by atoms with E-state index in [9.17, 15) is 22.7 Å². The van der Waals surface area contributed by atoms with E-state index in [1.54, 1.807) is 24.3 Å². The molecule has 0 aliphatic carbocycles. The number of aliphatic carboxylic acids is 1. The Labute approximate surface area is 201 Å². The van der Waals surface area contributed by atoms with Crippen molar-refractivity contribution in [2.45, 2.75) is 23.4 Å². The number of halogens is 2. The van der Waals surface area contributed by atoms with Gasteiger partial charge in [-0.05, 0) is 66.1 Å². The molecule has 0 spiro atoms. The van der Waals surface area contributed by atoms with E-state index in [-0.39, 0.29) is 22.5 Å². The van der Waals surface area contributed by atoms with E-state index in [2.05, 4.69) is 0 Å². The Balaban J connectivity index is 1.96. The van der Waals surface area contributed by atoms with Gasteiger partial charge in [-0.2, -0.15) is 4.31 Å². The van der Waals surface area contributed by atoms with Gasteiger partial charge < -0.3 is 9.84 Å². The van der Waals surface area contributed by atoms with Crippen LogP contribution in [0, 0.1) is 5.82 Å². The van der Waals surface area contributed by atoms with Crippen molar-refractivity contribution in [2.24, 2.45) is 0 Å². The topological polar surface area (TPSA) is 83.9 Å². The summed E-state index contributed by atoms with van der Waals surface area (Å²) in [7, 11) is -2.73. The number of benzene rings is 3. The Morgan fingerprint density at radius 3 is 2.32 bits per heavy atom. The largest absolute Gasteiger partial charge is 0.497 e. The van der Waals surface area contributed by atoms with Gasteiger partial charge in [0.1, 0.15) is 11.6 Å². The van der Waals surface area contributed by atoms with Gasteiger partial charge in [-0.1, -0.05) is 41.9 Å². The summed E-state index contributed by atoms with van der Waals surface area (Å²) >= 11 is 5.96. The molecule has 0 radical (unpaired) electrons. The Bertz CT molecular complexity index is 1340. The normalized spacial score (nSPS) is 18.9. The number of hydrogen-bond donors (Lipinski definition) is 1. The van der Waals surface area contributed by atoms with Gasteiger partial charge in [0, 0.05) is 5.02 Å². The van der Waals surface area contributed by atoms with Crippen LogP contribution >= 0.6 is 11.6 Å². The number of carboxylic acids is 1. The smallest absolute Gasteiger partial charge is 0.333 e. The molecule has 0 bridgehead atoms. The minimum Gasteiger partial charge on any atom is -0.497 e. The van der Waals surface area contributed by atoms with Gasteiger partial charge in [0.15, 0.2) is 0 Å². The third kappa shape index (κ3) is 4.57. The first-order chi connectivity index (χ1) is 16.2. The van der Waals surface area contributed by atoms with Crippen molar-refractivity contribution in [2.75, 3.05) is 7.11 Å². The lowest BCUT2D eigenvalue weighted by molar-refractivity contribution is -0.133. The van der Waals surface area contributed by atoms with Crippen LogP contribution in [0.5, 0.6) is 5.75 Å². The highest BCUT2D eigenvalue weighted by Gasteiger charge is 2.44. The van der Waals surface area contributed by atoms with Crippen LogP contribution in [0.1, 0.15) is 29.6 Å². The summed E-state index contributed by atoms with van der Waals surface area (Å²) < 4.78 is 48.5. The average Bonchev–Trinajstić information content (AvgIpc) is 2.83. The van der Waals surface area contributed by atoms with Gasteiger partial charge in [0.2, 0.25) is 10.0 Å². The molecule has 0 saturated carbocycles. The number of ether oxygens (including phenoxy) is 1. The molecule has 176 valence electrons. The van der Waals surface area contributed by atoms with Gasteiger partial charge in [0.05, 0.1) is 29.7 Å². The maximum absolute atomic E-state index is 14.2. The van der Waals surface area contributed by atoms with Crippen molar-refractivity contribution < 1.29 is 27.4 Å². The molecule has 9 heteroatoms. The maximum Gasteiger partial charge on any atom is 0.333 e. The second-order valence-electron chi connectivity index (χ2n) is 7.74. The van der Waals surface area contributed by atoms with Gasteiger partial charge in [-0.15, -0.1) is 0 Å². The van der Waals surface area contributed by atoms with Crippen LogP contribution in [-0.4, -0.2) is 30.9 Å². The number of carboxylic acid groups (broad SMARTS) is 1. The Hall–Kier alpha value is -3.20. The molecule has 4 rings (SSSR count). The number of nitrogens with zero attached hydrogens (tertiary/aromatic N) is 1. The zero-order valence-corrected chi connectivity index (χ0v) is 19.6. The summed E-state index contributed by atoms with van der Waals surface area (Å²) in [4.78, 5) is 12.1. The Morgan fingerprint density at radius 1 is 1.06 bits per heavy atom. The van der Waals surface area contributed by atoms with Crippen LogP contribution in [0.2, 0.25) is 5.02 Å². The number of carbonyl (C=O) groups is 1. The third-order valence-electron chi connectivity index (χ3n) is 5.72. The van der Waals surface area contributed by atoms with Crippen molar-refractivity contribution >= 4 is 27.6 Å². The number of rotatable bonds is 6.